The molecule has 0 heterocycles. The van der Waals surface area contributed by atoms with Crippen molar-refractivity contribution in [2.24, 2.45) is 5.92 Å². The van der Waals surface area contributed by atoms with Gasteiger partial charge in [0, 0.05) is 10.5 Å². The zero-order valence-electron chi connectivity index (χ0n) is 11.9. The van der Waals surface area contributed by atoms with E-state index < -0.39 is 0 Å². The maximum atomic E-state index is 5.47. The molecule has 2 rings (SSSR count). The zero-order valence-corrected chi connectivity index (χ0v) is 13.5. The van der Waals surface area contributed by atoms with Crippen LogP contribution in [0, 0.1) is 5.92 Å². The maximum Gasteiger partial charge on any atom is 0.122 e. The molecule has 0 saturated heterocycles. The second kappa shape index (κ2) is 7.30. The molecule has 0 radical (unpaired) electrons. The lowest BCUT2D eigenvalue weighted by molar-refractivity contribution is 0.403. The van der Waals surface area contributed by atoms with E-state index in [2.05, 4.69) is 40.3 Å². The fraction of sp³-hybridized carbons (Fsp3) is 0.625. The third kappa shape index (κ3) is 4.22. The van der Waals surface area contributed by atoms with Crippen LogP contribution in [0.4, 0.5) is 0 Å². The molecule has 2 unspecified atom stereocenters. The molecule has 1 aliphatic rings. The molecule has 2 nitrogen and oxygen atoms in total. The number of ether oxygens (including phenoxy) is 1. The van der Waals surface area contributed by atoms with Crippen LogP contribution in [0.15, 0.2) is 22.7 Å². The number of methoxy groups -OCH3 is 1. The first kappa shape index (κ1) is 14.9. The minimum atomic E-state index is 0.725. The highest BCUT2D eigenvalue weighted by atomic mass is 79.9. The lowest BCUT2D eigenvalue weighted by Crippen LogP contribution is -2.27. The normalized spacial score (nSPS) is 22.7. The van der Waals surface area contributed by atoms with Crippen LogP contribution in [-0.2, 0) is 6.42 Å². The van der Waals surface area contributed by atoms with E-state index in [1.54, 1.807) is 7.11 Å². The van der Waals surface area contributed by atoms with Gasteiger partial charge in [0.15, 0.2) is 0 Å². The second-order valence-electron chi connectivity index (χ2n) is 5.49. The van der Waals surface area contributed by atoms with Gasteiger partial charge in [-0.2, -0.15) is 0 Å². The van der Waals surface area contributed by atoms with E-state index >= 15 is 0 Å². The molecule has 1 N–H and O–H groups in total. The predicted molar refractivity (Wildman–Crippen MR) is 83.8 cm³/mol. The Kier molecular flexibility index (Phi) is 5.71. The molecule has 1 aromatic rings. The van der Waals surface area contributed by atoms with Crippen molar-refractivity contribution < 1.29 is 4.74 Å². The van der Waals surface area contributed by atoms with Crippen LogP contribution < -0.4 is 10.1 Å². The Balaban J connectivity index is 1.93. The SMILES string of the molecule is CCCNC1CCC(Cc2cc(Br)ccc2OC)C1. The van der Waals surface area contributed by atoms with E-state index in [1.807, 2.05) is 6.07 Å². The molecule has 1 saturated carbocycles. The Labute approximate surface area is 125 Å². The number of benzene rings is 1. The van der Waals surface area contributed by atoms with Crippen molar-refractivity contribution in [1.29, 1.82) is 0 Å². The van der Waals surface area contributed by atoms with Crippen molar-refractivity contribution in [1.82, 2.24) is 5.32 Å². The molecule has 19 heavy (non-hydrogen) atoms. The Morgan fingerprint density at radius 1 is 1.37 bits per heavy atom. The molecule has 0 aromatic heterocycles. The first-order valence-corrected chi connectivity index (χ1v) is 8.08. The second-order valence-corrected chi connectivity index (χ2v) is 6.41. The molecule has 0 spiro atoms. The van der Waals surface area contributed by atoms with E-state index in [4.69, 9.17) is 4.74 Å². The smallest absolute Gasteiger partial charge is 0.122 e. The molecule has 0 aliphatic heterocycles. The molecule has 2 atom stereocenters. The van der Waals surface area contributed by atoms with Gasteiger partial charge >= 0.3 is 0 Å². The van der Waals surface area contributed by atoms with E-state index in [1.165, 1.54) is 31.2 Å². The molecule has 3 heteroatoms. The average Bonchev–Trinajstić information content (AvgIpc) is 2.84. The van der Waals surface area contributed by atoms with Gasteiger partial charge in [0.1, 0.15) is 5.75 Å². The van der Waals surface area contributed by atoms with Gasteiger partial charge in [-0.1, -0.05) is 22.9 Å². The van der Waals surface area contributed by atoms with E-state index in [0.717, 1.165) is 35.1 Å². The van der Waals surface area contributed by atoms with Gasteiger partial charge in [0.05, 0.1) is 7.11 Å². The Hall–Kier alpha value is -0.540. The van der Waals surface area contributed by atoms with Crippen LogP contribution in [0.2, 0.25) is 0 Å². The molecule has 1 fully saturated rings. The van der Waals surface area contributed by atoms with Gasteiger partial charge in [-0.05, 0) is 68.3 Å². The fourth-order valence-corrected chi connectivity index (χ4v) is 3.42. The van der Waals surface area contributed by atoms with Crippen molar-refractivity contribution in [2.75, 3.05) is 13.7 Å². The standard InChI is InChI=1S/C16H24BrNO/c1-3-8-18-15-6-4-12(10-15)9-13-11-14(17)5-7-16(13)19-2/h5,7,11-12,15,18H,3-4,6,8-10H2,1-2H3. The van der Waals surface area contributed by atoms with Crippen LogP contribution in [-0.4, -0.2) is 19.7 Å². The first-order chi connectivity index (χ1) is 9.22. The summed E-state index contributed by atoms with van der Waals surface area (Å²) in [4.78, 5) is 0. The number of halogens is 1. The predicted octanol–water partition coefficient (Wildman–Crippen LogP) is 4.17. The van der Waals surface area contributed by atoms with Crippen molar-refractivity contribution in [3.63, 3.8) is 0 Å². The summed E-state index contributed by atoms with van der Waals surface area (Å²) in [5.41, 5.74) is 1.33. The van der Waals surface area contributed by atoms with Crippen LogP contribution in [0.3, 0.4) is 0 Å². The summed E-state index contributed by atoms with van der Waals surface area (Å²) in [6, 6.07) is 7.03. The number of nitrogens with one attached hydrogen (secondary N) is 1. The van der Waals surface area contributed by atoms with Gasteiger partial charge in [-0.15, -0.1) is 0 Å². The van der Waals surface area contributed by atoms with Crippen LogP contribution in [0.1, 0.15) is 38.2 Å². The Morgan fingerprint density at radius 2 is 2.21 bits per heavy atom. The van der Waals surface area contributed by atoms with E-state index in [-0.39, 0.29) is 0 Å². The molecule has 0 bridgehead atoms. The highest BCUT2D eigenvalue weighted by Gasteiger charge is 2.25. The third-order valence-electron chi connectivity index (χ3n) is 3.98. The fourth-order valence-electron chi connectivity index (χ4n) is 3.01. The van der Waals surface area contributed by atoms with Gasteiger partial charge in [0.2, 0.25) is 0 Å². The van der Waals surface area contributed by atoms with Crippen molar-refractivity contribution in [2.45, 2.75) is 45.1 Å². The average molecular weight is 326 g/mol. The molecular formula is C16H24BrNO. The lowest BCUT2D eigenvalue weighted by Gasteiger charge is -2.15. The van der Waals surface area contributed by atoms with Crippen LogP contribution >= 0.6 is 15.9 Å². The van der Waals surface area contributed by atoms with Gasteiger partial charge in [-0.3, -0.25) is 0 Å². The summed E-state index contributed by atoms with van der Waals surface area (Å²) in [6.45, 7) is 3.38. The lowest BCUT2D eigenvalue weighted by atomic mass is 9.97. The molecule has 1 aliphatic carbocycles. The summed E-state index contributed by atoms with van der Waals surface area (Å²) in [7, 11) is 1.76. The van der Waals surface area contributed by atoms with Gasteiger partial charge < -0.3 is 10.1 Å². The molecule has 0 amide bonds. The van der Waals surface area contributed by atoms with Crippen molar-refractivity contribution >= 4 is 15.9 Å². The monoisotopic (exact) mass is 325 g/mol. The zero-order chi connectivity index (χ0) is 13.7. The quantitative estimate of drug-likeness (QED) is 0.847. The summed E-state index contributed by atoms with van der Waals surface area (Å²) in [6.07, 6.45) is 6.31. The van der Waals surface area contributed by atoms with E-state index in [9.17, 15) is 0 Å². The summed E-state index contributed by atoms with van der Waals surface area (Å²) < 4.78 is 6.61. The van der Waals surface area contributed by atoms with Crippen LogP contribution in [0.25, 0.3) is 0 Å². The number of hydrogen-bond donors (Lipinski definition) is 1. The van der Waals surface area contributed by atoms with E-state index in [0.29, 0.717) is 0 Å². The van der Waals surface area contributed by atoms with Crippen molar-refractivity contribution in [3.8, 4) is 5.75 Å². The van der Waals surface area contributed by atoms with Gasteiger partial charge in [0.25, 0.3) is 0 Å². The maximum absolute atomic E-state index is 5.47. The minimum absolute atomic E-state index is 0.725. The molecule has 1 aromatic carbocycles. The number of hydrogen-bond acceptors (Lipinski definition) is 2. The number of rotatable bonds is 6. The minimum Gasteiger partial charge on any atom is -0.496 e. The largest absolute Gasteiger partial charge is 0.496 e. The Morgan fingerprint density at radius 3 is 2.95 bits per heavy atom. The van der Waals surface area contributed by atoms with Gasteiger partial charge in [-0.25, -0.2) is 0 Å². The molecule has 106 valence electrons. The summed E-state index contributed by atoms with van der Waals surface area (Å²) >= 11 is 3.55. The Bertz CT molecular complexity index is 408. The summed E-state index contributed by atoms with van der Waals surface area (Å²) in [5.74, 6) is 1.81. The first-order valence-electron chi connectivity index (χ1n) is 7.28. The highest BCUT2D eigenvalue weighted by molar-refractivity contribution is 9.10. The van der Waals surface area contributed by atoms with Crippen molar-refractivity contribution in [3.05, 3.63) is 28.2 Å². The molecular weight excluding hydrogens is 302 g/mol. The summed E-state index contributed by atoms with van der Waals surface area (Å²) in [5, 5.41) is 3.65. The highest BCUT2D eigenvalue weighted by Crippen LogP contribution is 2.32. The third-order valence-corrected chi connectivity index (χ3v) is 4.47. The van der Waals surface area contributed by atoms with Crippen LogP contribution in [0.5, 0.6) is 5.75 Å². The topological polar surface area (TPSA) is 21.3 Å².